The normalized spacial score (nSPS) is 20.4. The number of alkyl carbamates (subject to hydrolysis) is 1. The number of benzene rings is 2. The highest BCUT2D eigenvalue weighted by Crippen LogP contribution is 2.44. The van der Waals surface area contributed by atoms with Crippen LogP contribution in [-0.2, 0) is 19.1 Å². The Kier molecular flexibility index (Phi) is 7.04. The quantitative estimate of drug-likeness (QED) is 0.459. The molecule has 2 aliphatic rings. The number of hydrogen-bond acceptors (Lipinski definition) is 5. The lowest BCUT2D eigenvalue weighted by Crippen LogP contribution is -2.50. The van der Waals surface area contributed by atoms with Gasteiger partial charge in [0.1, 0.15) is 13.2 Å². The van der Waals surface area contributed by atoms with Gasteiger partial charge in [-0.2, -0.15) is 0 Å². The van der Waals surface area contributed by atoms with Crippen molar-refractivity contribution in [2.24, 2.45) is 5.41 Å². The molecule has 0 saturated heterocycles. The Hall–Kier alpha value is -3.88. The number of rotatable bonds is 8. The van der Waals surface area contributed by atoms with E-state index in [4.69, 9.17) is 4.74 Å². The Morgan fingerprint density at radius 1 is 0.943 bits per heavy atom. The van der Waals surface area contributed by atoms with Gasteiger partial charge in [-0.25, -0.2) is 4.79 Å². The maximum absolute atomic E-state index is 12.2. The second-order valence-corrected chi connectivity index (χ2v) is 9.19. The summed E-state index contributed by atoms with van der Waals surface area (Å²) in [6, 6.07) is 15.5. The van der Waals surface area contributed by atoms with E-state index in [0.717, 1.165) is 22.3 Å². The summed E-state index contributed by atoms with van der Waals surface area (Å²) in [5, 5.41) is 16.9. The minimum atomic E-state index is -1.01. The molecule has 2 atom stereocenters. The number of hydrogen-bond donors (Lipinski definition) is 4. The molecular weight excluding hydrogens is 450 g/mol. The van der Waals surface area contributed by atoms with Crippen LogP contribution in [0.25, 0.3) is 11.1 Å². The molecule has 184 valence electrons. The molecule has 3 amide bonds. The molecule has 2 aromatic rings. The summed E-state index contributed by atoms with van der Waals surface area (Å²) in [5.41, 5.74) is 3.41. The van der Waals surface area contributed by atoms with E-state index in [1.54, 1.807) is 6.92 Å². The van der Waals surface area contributed by atoms with Crippen LogP contribution >= 0.6 is 0 Å². The van der Waals surface area contributed by atoms with Crippen molar-refractivity contribution >= 4 is 23.9 Å². The number of carbonyl (C=O) groups is 4. The molecular formula is C26H29N3O6. The van der Waals surface area contributed by atoms with Crippen LogP contribution in [0, 0.1) is 5.41 Å². The molecule has 0 spiro atoms. The van der Waals surface area contributed by atoms with Gasteiger partial charge in [0, 0.05) is 12.0 Å². The highest BCUT2D eigenvalue weighted by Gasteiger charge is 2.45. The van der Waals surface area contributed by atoms with Crippen LogP contribution in [0.2, 0.25) is 0 Å². The van der Waals surface area contributed by atoms with Crippen LogP contribution in [0.5, 0.6) is 0 Å². The fraction of sp³-hybridized carbons (Fsp3) is 0.385. The molecule has 2 aliphatic carbocycles. The average molecular weight is 480 g/mol. The number of carboxylic acids is 1. The fourth-order valence-electron chi connectivity index (χ4n) is 4.94. The molecule has 1 saturated carbocycles. The molecule has 0 aromatic heterocycles. The molecule has 4 rings (SSSR count). The lowest BCUT2D eigenvalue weighted by Gasteiger charge is -2.27. The zero-order valence-corrected chi connectivity index (χ0v) is 19.5. The molecule has 0 radical (unpaired) electrons. The largest absolute Gasteiger partial charge is 0.481 e. The minimum Gasteiger partial charge on any atom is -0.481 e. The first-order chi connectivity index (χ1) is 16.8. The third kappa shape index (κ3) is 5.13. The SMILES string of the molecule is CC1(C(=O)O)CCCC1NC(=O)CNC(=O)CNC(=O)OCC1c2ccccc2-c2ccccc21. The smallest absolute Gasteiger partial charge is 0.407 e. The Bertz CT molecular complexity index is 1100. The Labute approximate surface area is 203 Å². The number of nitrogens with one attached hydrogen (secondary N) is 3. The maximum Gasteiger partial charge on any atom is 0.407 e. The standard InChI is InChI=1S/C26H29N3O6/c1-26(24(32)33)12-6-11-21(26)29-23(31)14-27-22(30)13-28-25(34)35-15-20-18-9-4-2-7-16(18)17-8-3-5-10-19(17)20/h2-5,7-10,20-21H,6,11-15H2,1H3,(H,27,30)(H,28,34)(H,29,31)(H,32,33). The van der Waals surface area contributed by atoms with Crippen molar-refractivity contribution < 1.29 is 29.0 Å². The third-order valence-electron chi connectivity index (χ3n) is 6.96. The van der Waals surface area contributed by atoms with Gasteiger partial charge in [0.05, 0.1) is 12.0 Å². The predicted octanol–water partition coefficient (Wildman–Crippen LogP) is 2.40. The number of ether oxygens (including phenoxy) is 1. The molecule has 1 fully saturated rings. The number of amides is 3. The van der Waals surface area contributed by atoms with E-state index in [-0.39, 0.29) is 25.6 Å². The second-order valence-electron chi connectivity index (χ2n) is 9.19. The van der Waals surface area contributed by atoms with Crippen molar-refractivity contribution in [2.45, 2.75) is 38.1 Å². The van der Waals surface area contributed by atoms with Gasteiger partial charge in [-0.15, -0.1) is 0 Å². The summed E-state index contributed by atoms with van der Waals surface area (Å²) in [6.45, 7) is 1.09. The Morgan fingerprint density at radius 3 is 2.17 bits per heavy atom. The number of fused-ring (bicyclic) bond motifs is 3. The van der Waals surface area contributed by atoms with Crippen LogP contribution in [0.1, 0.15) is 43.2 Å². The van der Waals surface area contributed by atoms with Crippen LogP contribution in [0.3, 0.4) is 0 Å². The molecule has 35 heavy (non-hydrogen) atoms. The number of carbonyl (C=O) groups excluding carboxylic acids is 3. The van der Waals surface area contributed by atoms with Crippen LogP contribution in [-0.4, -0.2) is 54.7 Å². The van der Waals surface area contributed by atoms with Gasteiger partial charge in [0.25, 0.3) is 0 Å². The van der Waals surface area contributed by atoms with E-state index in [1.807, 2.05) is 48.5 Å². The molecule has 2 unspecified atom stereocenters. The summed E-state index contributed by atoms with van der Waals surface area (Å²) < 4.78 is 5.38. The first-order valence-corrected chi connectivity index (χ1v) is 11.7. The van der Waals surface area contributed by atoms with Gasteiger partial charge in [-0.05, 0) is 42.0 Å². The van der Waals surface area contributed by atoms with E-state index >= 15 is 0 Å². The summed E-state index contributed by atoms with van der Waals surface area (Å²) in [5.74, 6) is -2.06. The monoisotopic (exact) mass is 479 g/mol. The van der Waals surface area contributed by atoms with E-state index in [1.165, 1.54) is 0 Å². The van der Waals surface area contributed by atoms with Gasteiger partial charge in [-0.1, -0.05) is 55.0 Å². The minimum absolute atomic E-state index is 0.0854. The number of carboxylic acid groups (broad SMARTS) is 1. The molecule has 0 aliphatic heterocycles. The van der Waals surface area contributed by atoms with Gasteiger partial charge >= 0.3 is 12.1 Å². The zero-order valence-electron chi connectivity index (χ0n) is 19.5. The third-order valence-corrected chi connectivity index (χ3v) is 6.96. The average Bonchev–Trinajstić information content (AvgIpc) is 3.38. The van der Waals surface area contributed by atoms with Crippen molar-refractivity contribution in [3.8, 4) is 11.1 Å². The molecule has 2 aromatic carbocycles. The molecule has 0 bridgehead atoms. The van der Waals surface area contributed by atoms with Crippen LogP contribution in [0.4, 0.5) is 4.79 Å². The Morgan fingerprint density at radius 2 is 1.54 bits per heavy atom. The van der Waals surface area contributed by atoms with Gasteiger partial charge in [-0.3, -0.25) is 14.4 Å². The lowest BCUT2D eigenvalue weighted by molar-refractivity contribution is -0.149. The predicted molar refractivity (Wildman–Crippen MR) is 128 cm³/mol. The molecule has 4 N–H and O–H groups in total. The van der Waals surface area contributed by atoms with Gasteiger partial charge in [0.2, 0.25) is 11.8 Å². The molecule has 9 heteroatoms. The fourth-order valence-corrected chi connectivity index (χ4v) is 4.94. The Balaban J connectivity index is 1.20. The molecule has 0 heterocycles. The first-order valence-electron chi connectivity index (χ1n) is 11.7. The van der Waals surface area contributed by atoms with Crippen molar-refractivity contribution in [1.29, 1.82) is 0 Å². The highest BCUT2D eigenvalue weighted by atomic mass is 16.5. The maximum atomic E-state index is 12.2. The van der Waals surface area contributed by atoms with Crippen molar-refractivity contribution in [3.05, 3.63) is 59.7 Å². The topological polar surface area (TPSA) is 134 Å². The lowest BCUT2D eigenvalue weighted by atomic mass is 9.85. The van der Waals surface area contributed by atoms with Gasteiger partial charge < -0.3 is 25.8 Å². The molecule has 9 nitrogen and oxygen atoms in total. The zero-order chi connectivity index (χ0) is 25.0. The summed E-state index contributed by atoms with van der Waals surface area (Å²) in [7, 11) is 0. The summed E-state index contributed by atoms with van der Waals surface area (Å²) in [6.07, 6.45) is 1.05. The first kappa shape index (κ1) is 24.3. The van der Waals surface area contributed by atoms with Gasteiger partial charge in [0.15, 0.2) is 0 Å². The number of aliphatic carboxylic acids is 1. The summed E-state index contributed by atoms with van der Waals surface area (Å²) >= 11 is 0. The van der Waals surface area contributed by atoms with E-state index in [9.17, 15) is 24.3 Å². The van der Waals surface area contributed by atoms with Crippen LogP contribution in [0.15, 0.2) is 48.5 Å². The van der Waals surface area contributed by atoms with E-state index < -0.39 is 35.3 Å². The highest BCUT2D eigenvalue weighted by molar-refractivity contribution is 5.88. The van der Waals surface area contributed by atoms with E-state index in [2.05, 4.69) is 16.0 Å². The van der Waals surface area contributed by atoms with Crippen molar-refractivity contribution in [3.63, 3.8) is 0 Å². The van der Waals surface area contributed by atoms with E-state index in [0.29, 0.717) is 19.3 Å². The van der Waals surface area contributed by atoms with Crippen molar-refractivity contribution in [1.82, 2.24) is 16.0 Å². The van der Waals surface area contributed by atoms with Crippen molar-refractivity contribution in [2.75, 3.05) is 19.7 Å². The second kappa shape index (κ2) is 10.2. The van der Waals surface area contributed by atoms with Crippen LogP contribution < -0.4 is 16.0 Å². The summed E-state index contributed by atoms with van der Waals surface area (Å²) in [4.78, 5) is 47.9.